The molecule has 30 heavy (non-hydrogen) atoms. The molecule has 1 saturated heterocycles. The Labute approximate surface area is 190 Å². The summed E-state index contributed by atoms with van der Waals surface area (Å²) >= 11 is 5.11. The first-order valence-electron chi connectivity index (χ1n) is 10.2. The van der Waals surface area contributed by atoms with Crippen molar-refractivity contribution in [2.45, 2.75) is 17.9 Å². The number of thiophene rings is 1. The minimum atomic E-state index is -3.63. The summed E-state index contributed by atoms with van der Waals surface area (Å²) in [6, 6.07) is 14.3. The predicted octanol–water partition coefficient (Wildman–Crippen LogP) is 4.16. The van der Waals surface area contributed by atoms with Gasteiger partial charge in [-0.15, -0.1) is 11.3 Å². The van der Waals surface area contributed by atoms with Gasteiger partial charge < -0.3 is 9.80 Å². The van der Waals surface area contributed by atoms with Crippen molar-refractivity contribution in [3.8, 4) is 0 Å². The molecule has 0 spiro atoms. The number of halogens is 1. The Balaban J connectivity index is 1.59. The molecule has 0 radical (unpaired) electrons. The maximum absolute atomic E-state index is 13.9. The average Bonchev–Trinajstić information content (AvgIpc) is 3.10. The highest BCUT2D eigenvalue weighted by molar-refractivity contribution is 9.11. The third kappa shape index (κ3) is 3.48. The Hall–Kier alpha value is -1.45. The van der Waals surface area contributed by atoms with E-state index < -0.39 is 10.0 Å². The maximum atomic E-state index is 13.9. The van der Waals surface area contributed by atoms with E-state index in [9.17, 15) is 8.42 Å². The van der Waals surface area contributed by atoms with Gasteiger partial charge in [-0.2, -0.15) is 4.31 Å². The van der Waals surface area contributed by atoms with Crippen LogP contribution in [-0.2, 0) is 23.0 Å². The molecule has 0 bridgehead atoms. The Morgan fingerprint density at radius 3 is 2.43 bits per heavy atom. The largest absolute Gasteiger partial charge is 0.368 e. The molecule has 2 aliphatic heterocycles. The molecule has 2 aromatic carbocycles. The molecule has 1 aromatic heterocycles. The van der Waals surface area contributed by atoms with Crippen molar-refractivity contribution in [1.82, 2.24) is 9.21 Å². The molecule has 0 saturated carbocycles. The quantitative estimate of drug-likeness (QED) is 0.535. The van der Waals surface area contributed by atoms with E-state index in [1.807, 2.05) is 30.3 Å². The first-order valence-corrected chi connectivity index (χ1v) is 13.2. The number of hydrogen-bond acceptors (Lipinski definition) is 5. The van der Waals surface area contributed by atoms with Gasteiger partial charge in [-0.3, -0.25) is 0 Å². The first kappa shape index (κ1) is 20.5. The van der Waals surface area contributed by atoms with Crippen LogP contribution in [0.1, 0.15) is 11.1 Å². The monoisotopic (exact) mass is 505 g/mol. The number of piperazine rings is 1. The Morgan fingerprint density at radius 1 is 0.933 bits per heavy atom. The molecule has 1 fully saturated rings. The minimum absolute atomic E-state index is 0.427. The summed E-state index contributed by atoms with van der Waals surface area (Å²) in [6.45, 7) is 4.71. The molecule has 0 aliphatic carbocycles. The highest BCUT2D eigenvalue weighted by atomic mass is 79.9. The molecular weight excluding hydrogens is 482 g/mol. The zero-order chi connectivity index (χ0) is 20.9. The van der Waals surface area contributed by atoms with Crippen molar-refractivity contribution in [2.75, 3.05) is 44.7 Å². The van der Waals surface area contributed by atoms with Gasteiger partial charge in [0.05, 0.1) is 3.79 Å². The molecule has 3 heterocycles. The summed E-state index contributed by atoms with van der Waals surface area (Å²) in [7, 11) is -1.50. The summed E-state index contributed by atoms with van der Waals surface area (Å²) < 4.78 is 31.1. The van der Waals surface area contributed by atoms with Crippen LogP contribution in [0.3, 0.4) is 0 Å². The van der Waals surface area contributed by atoms with E-state index in [2.05, 4.69) is 44.9 Å². The molecule has 3 aromatic rings. The van der Waals surface area contributed by atoms with E-state index >= 15 is 0 Å². The molecule has 0 amide bonds. The number of rotatable bonds is 3. The number of anilines is 1. The number of sulfonamides is 1. The number of hydrogen-bond donors (Lipinski definition) is 0. The van der Waals surface area contributed by atoms with Crippen LogP contribution < -0.4 is 4.90 Å². The van der Waals surface area contributed by atoms with Gasteiger partial charge >= 0.3 is 0 Å². The van der Waals surface area contributed by atoms with Crippen molar-refractivity contribution in [3.05, 3.63) is 57.4 Å². The lowest BCUT2D eigenvalue weighted by Crippen LogP contribution is -2.44. The Kier molecular flexibility index (Phi) is 5.39. The molecule has 158 valence electrons. The van der Waals surface area contributed by atoms with Crippen LogP contribution in [0.25, 0.3) is 10.1 Å². The van der Waals surface area contributed by atoms with Gasteiger partial charge in [-0.1, -0.05) is 30.3 Å². The molecule has 2 aliphatic rings. The van der Waals surface area contributed by atoms with Crippen molar-refractivity contribution >= 4 is 53.1 Å². The maximum Gasteiger partial charge on any atom is 0.246 e. The van der Waals surface area contributed by atoms with Crippen LogP contribution in [0.4, 0.5) is 5.69 Å². The molecule has 5 nitrogen and oxygen atoms in total. The smallest absolute Gasteiger partial charge is 0.246 e. The van der Waals surface area contributed by atoms with E-state index in [0.717, 1.165) is 53.9 Å². The van der Waals surface area contributed by atoms with Crippen LogP contribution in [0, 0.1) is 0 Å². The summed E-state index contributed by atoms with van der Waals surface area (Å²) in [4.78, 5) is 5.06. The number of likely N-dealkylation sites (N-methyl/N-ethyl adjacent to an activating group) is 1. The molecule has 0 unspecified atom stereocenters. The third-order valence-corrected chi connectivity index (χ3v) is 10.3. The fourth-order valence-corrected chi connectivity index (χ4v) is 8.68. The highest BCUT2D eigenvalue weighted by Gasteiger charge is 2.34. The van der Waals surface area contributed by atoms with Crippen LogP contribution in [0.15, 0.2) is 51.1 Å². The summed E-state index contributed by atoms with van der Waals surface area (Å²) in [5.74, 6) is 0. The Morgan fingerprint density at radius 2 is 1.67 bits per heavy atom. The first-order chi connectivity index (χ1) is 14.4. The van der Waals surface area contributed by atoms with Crippen LogP contribution in [0.5, 0.6) is 0 Å². The van der Waals surface area contributed by atoms with E-state index in [1.54, 1.807) is 4.31 Å². The lowest BCUT2D eigenvalue weighted by Gasteiger charge is -2.35. The summed E-state index contributed by atoms with van der Waals surface area (Å²) in [5.41, 5.74) is 3.37. The van der Waals surface area contributed by atoms with Gasteiger partial charge in [-0.25, -0.2) is 8.42 Å². The molecule has 0 atom stereocenters. The predicted molar refractivity (Wildman–Crippen MR) is 127 cm³/mol. The lowest BCUT2D eigenvalue weighted by atomic mass is 10.0. The summed E-state index contributed by atoms with van der Waals surface area (Å²) in [6.07, 6.45) is 0.750. The van der Waals surface area contributed by atoms with Crippen LogP contribution in [0.2, 0.25) is 0 Å². The van der Waals surface area contributed by atoms with Crippen LogP contribution in [-0.4, -0.2) is 57.4 Å². The fraction of sp³-hybridized carbons (Fsp3) is 0.364. The Bertz CT molecular complexity index is 1200. The normalized spacial score (nSPS) is 18.7. The van der Waals surface area contributed by atoms with Gasteiger partial charge in [0.25, 0.3) is 0 Å². The topological polar surface area (TPSA) is 43.9 Å². The zero-order valence-corrected chi connectivity index (χ0v) is 20.1. The molecule has 0 N–H and O–H groups in total. The van der Waals surface area contributed by atoms with E-state index in [4.69, 9.17) is 0 Å². The van der Waals surface area contributed by atoms with E-state index in [1.165, 1.54) is 16.9 Å². The van der Waals surface area contributed by atoms with Gasteiger partial charge in [0.1, 0.15) is 4.90 Å². The lowest BCUT2D eigenvalue weighted by molar-refractivity contribution is 0.313. The molecule has 5 rings (SSSR count). The van der Waals surface area contributed by atoms with Crippen molar-refractivity contribution in [2.24, 2.45) is 0 Å². The zero-order valence-electron chi connectivity index (χ0n) is 16.8. The average molecular weight is 506 g/mol. The van der Waals surface area contributed by atoms with Gasteiger partial charge in [0.15, 0.2) is 0 Å². The van der Waals surface area contributed by atoms with E-state index in [0.29, 0.717) is 21.8 Å². The third-order valence-electron chi connectivity index (χ3n) is 6.15. The van der Waals surface area contributed by atoms with E-state index in [-0.39, 0.29) is 0 Å². The van der Waals surface area contributed by atoms with Gasteiger partial charge in [0, 0.05) is 55.0 Å². The highest BCUT2D eigenvalue weighted by Crippen LogP contribution is 2.45. The van der Waals surface area contributed by atoms with Gasteiger partial charge in [0.2, 0.25) is 10.0 Å². The number of nitrogens with zero attached hydrogens (tertiary/aromatic N) is 3. The number of fused-ring (bicyclic) bond motifs is 2. The van der Waals surface area contributed by atoms with Crippen molar-refractivity contribution < 1.29 is 8.42 Å². The molecular formula is C22H24BrN3O2S2. The second-order valence-corrected chi connectivity index (χ2v) is 12.2. The van der Waals surface area contributed by atoms with Crippen LogP contribution >= 0.6 is 27.3 Å². The SMILES string of the molecule is CN1CCN(c2cccc3sc(Br)c(S(=O)(=O)N4CCc5ccccc5C4)c23)CC1. The standard InChI is InChI=1S/C22H24BrN3O2S2/c1-24-11-13-25(14-12-24)18-7-4-8-19-20(18)21(22(23)29-19)30(27,28)26-10-9-16-5-2-3-6-17(16)15-26/h2-8H,9-15H2,1H3. The van der Waals surface area contributed by atoms with Gasteiger partial charge in [-0.05, 0) is 52.7 Å². The minimum Gasteiger partial charge on any atom is -0.368 e. The number of benzene rings is 2. The van der Waals surface area contributed by atoms with Crippen molar-refractivity contribution in [3.63, 3.8) is 0 Å². The summed E-state index contributed by atoms with van der Waals surface area (Å²) in [5, 5.41) is 0.859. The molecule has 8 heteroatoms. The van der Waals surface area contributed by atoms with Crippen molar-refractivity contribution in [1.29, 1.82) is 0 Å². The second-order valence-electron chi connectivity index (χ2n) is 8.00. The second kappa shape index (κ2) is 7.91. The fourth-order valence-electron chi connectivity index (χ4n) is 4.42.